The van der Waals surface area contributed by atoms with E-state index in [0.29, 0.717) is 24.0 Å². The number of anilines is 1. The Bertz CT molecular complexity index is 886. The summed E-state index contributed by atoms with van der Waals surface area (Å²) in [5.41, 5.74) is 3.35. The highest BCUT2D eigenvalue weighted by molar-refractivity contribution is 6.03. The normalized spacial score (nSPS) is 17.0. The lowest BCUT2D eigenvalue weighted by Crippen LogP contribution is -2.15. The first-order valence-electron chi connectivity index (χ1n) is 8.75. The van der Waals surface area contributed by atoms with Gasteiger partial charge in [0, 0.05) is 30.5 Å². The number of ether oxygens (including phenoxy) is 1. The van der Waals surface area contributed by atoms with Crippen LogP contribution in [0.15, 0.2) is 54.7 Å². The number of nitrogens with one attached hydrogen (secondary N) is 2. The summed E-state index contributed by atoms with van der Waals surface area (Å²) in [6, 6.07) is 15.5. The molecule has 1 fully saturated rings. The fourth-order valence-electron chi connectivity index (χ4n) is 3.14. The van der Waals surface area contributed by atoms with Crippen LogP contribution in [-0.2, 0) is 4.74 Å². The standard InChI is InChI=1S/C20H20N4O2/c25-20(18-11-15(8-9-21-18)14-5-2-1-3-6-14)22-19-12-17(23-24-19)16-7-4-10-26-13-16/h1-3,5-6,8-9,11-12,16H,4,7,10,13H2,(H2,22,23,24,25). The second-order valence-electron chi connectivity index (χ2n) is 6.37. The number of carbonyl (C=O) groups excluding carboxylic acids is 1. The van der Waals surface area contributed by atoms with Gasteiger partial charge in [0.15, 0.2) is 5.82 Å². The first-order valence-corrected chi connectivity index (χ1v) is 8.75. The highest BCUT2D eigenvalue weighted by Crippen LogP contribution is 2.25. The number of amides is 1. The van der Waals surface area contributed by atoms with Gasteiger partial charge in [-0.15, -0.1) is 0 Å². The Balaban J connectivity index is 1.48. The number of pyridine rings is 1. The van der Waals surface area contributed by atoms with Crippen molar-refractivity contribution < 1.29 is 9.53 Å². The van der Waals surface area contributed by atoms with E-state index in [2.05, 4.69) is 20.5 Å². The number of hydrogen-bond donors (Lipinski definition) is 2. The number of benzene rings is 1. The van der Waals surface area contributed by atoms with Crippen LogP contribution in [0.5, 0.6) is 0 Å². The average molecular weight is 348 g/mol. The molecule has 0 radical (unpaired) electrons. The van der Waals surface area contributed by atoms with Crippen molar-refractivity contribution in [3.05, 3.63) is 66.1 Å². The maximum absolute atomic E-state index is 12.5. The summed E-state index contributed by atoms with van der Waals surface area (Å²) in [7, 11) is 0. The van der Waals surface area contributed by atoms with Crippen LogP contribution in [0.3, 0.4) is 0 Å². The van der Waals surface area contributed by atoms with Gasteiger partial charge < -0.3 is 10.1 Å². The van der Waals surface area contributed by atoms with Crippen molar-refractivity contribution in [3.8, 4) is 11.1 Å². The SMILES string of the molecule is O=C(Nc1cc(C2CCCOC2)[nH]n1)c1cc(-c2ccccc2)ccn1. The van der Waals surface area contributed by atoms with Crippen LogP contribution in [0.25, 0.3) is 11.1 Å². The Morgan fingerprint density at radius 3 is 2.85 bits per heavy atom. The van der Waals surface area contributed by atoms with Gasteiger partial charge >= 0.3 is 0 Å². The molecule has 6 nitrogen and oxygen atoms in total. The fourth-order valence-corrected chi connectivity index (χ4v) is 3.14. The maximum Gasteiger partial charge on any atom is 0.275 e. The summed E-state index contributed by atoms with van der Waals surface area (Å²) in [6.45, 7) is 1.51. The van der Waals surface area contributed by atoms with E-state index in [-0.39, 0.29) is 5.91 Å². The Labute approximate surface area is 151 Å². The first kappa shape index (κ1) is 16.5. The number of rotatable bonds is 4. The lowest BCUT2D eigenvalue weighted by Gasteiger charge is -2.20. The molecule has 2 N–H and O–H groups in total. The number of H-pyrrole nitrogens is 1. The smallest absolute Gasteiger partial charge is 0.275 e. The first-order chi connectivity index (χ1) is 12.8. The molecule has 2 aromatic heterocycles. The quantitative estimate of drug-likeness (QED) is 0.755. The van der Waals surface area contributed by atoms with Crippen molar-refractivity contribution in [2.24, 2.45) is 0 Å². The zero-order chi connectivity index (χ0) is 17.8. The van der Waals surface area contributed by atoms with E-state index < -0.39 is 0 Å². The largest absolute Gasteiger partial charge is 0.381 e. The predicted octanol–water partition coefficient (Wildman–Crippen LogP) is 3.62. The Morgan fingerprint density at radius 2 is 2.04 bits per heavy atom. The van der Waals surface area contributed by atoms with Crippen LogP contribution < -0.4 is 5.32 Å². The summed E-state index contributed by atoms with van der Waals surface area (Å²) >= 11 is 0. The van der Waals surface area contributed by atoms with Crippen molar-refractivity contribution in [2.45, 2.75) is 18.8 Å². The van der Waals surface area contributed by atoms with E-state index in [1.54, 1.807) is 12.3 Å². The van der Waals surface area contributed by atoms with Crippen LogP contribution in [0.4, 0.5) is 5.82 Å². The van der Waals surface area contributed by atoms with Crippen molar-refractivity contribution in [2.75, 3.05) is 18.5 Å². The fraction of sp³-hybridized carbons (Fsp3) is 0.250. The van der Waals surface area contributed by atoms with Gasteiger partial charge in [0.2, 0.25) is 0 Å². The molecule has 0 saturated carbocycles. The third-order valence-electron chi connectivity index (χ3n) is 4.54. The number of aromatic nitrogens is 3. The van der Waals surface area contributed by atoms with Gasteiger partial charge in [-0.2, -0.15) is 5.10 Å². The monoisotopic (exact) mass is 348 g/mol. The minimum Gasteiger partial charge on any atom is -0.381 e. The molecule has 1 aliphatic heterocycles. The Hall–Kier alpha value is -2.99. The third kappa shape index (κ3) is 3.65. The number of hydrogen-bond acceptors (Lipinski definition) is 4. The minimum atomic E-state index is -0.277. The van der Waals surface area contributed by atoms with Gasteiger partial charge in [0.1, 0.15) is 5.69 Å². The molecule has 6 heteroatoms. The molecule has 26 heavy (non-hydrogen) atoms. The van der Waals surface area contributed by atoms with E-state index in [1.165, 1.54) is 0 Å². The van der Waals surface area contributed by atoms with Crippen LogP contribution in [0, 0.1) is 0 Å². The molecule has 1 aliphatic rings. The molecule has 1 atom stereocenters. The van der Waals surface area contributed by atoms with Gasteiger partial charge in [-0.25, -0.2) is 0 Å². The molecule has 1 saturated heterocycles. The van der Waals surface area contributed by atoms with Gasteiger partial charge in [0.05, 0.1) is 6.61 Å². The molecular weight excluding hydrogens is 328 g/mol. The summed E-state index contributed by atoms with van der Waals surface area (Å²) in [5.74, 6) is 0.532. The average Bonchev–Trinajstić information content (AvgIpc) is 3.18. The van der Waals surface area contributed by atoms with Crippen molar-refractivity contribution in [1.82, 2.24) is 15.2 Å². The zero-order valence-corrected chi connectivity index (χ0v) is 14.3. The molecular formula is C20H20N4O2. The molecule has 1 unspecified atom stereocenters. The van der Waals surface area contributed by atoms with Crippen molar-refractivity contribution in [3.63, 3.8) is 0 Å². The van der Waals surface area contributed by atoms with Crippen LogP contribution in [-0.4, -0.2) is 34.3 Å². The number of aromatic amines is 1. The molecule has 0 aliphatic carbocycles. The topological polar surface area (TPSA) is 79.9 Å². The minimum absolute atomic E-state index is 0.277. The van der Waals surface area contributed by atoms with Crippen molar-refractivity contribution >= 4 is 11.7 Å². The molecule has 132 valence electrons. The van der Waals surface area contributed by atoms with Gasteiger partial charge in [-0.1, -0.05) is 30.3 Å². The highest BCUT2D eigenvalue weighted by Gasteiger charge is 2.19. The Morgan fingerprint density at radius 1 is 1.15 bits per heavy atom. The van der Waals surface area contributed by atoms with Gasteiger partial charge in [-0.05, 0) is 36.1 Å². The van der Waals surface area contributed by atoms with Crippen LogP contribution in [0.2, 0.25) is 0 Å². The Kier molecular flexibility index (Phi) is 4.75. The summed E-state index contributed by atoms with van der Waals surface area (Å²) in [6.07, 6.45) is 3.75. The van der Waals surface area contributed by atoms with Gasteiger partial charge in [0.25, 0.3) is 5.91 Å². The molecule has 4 rings (SSSR count). The second kappa shape index (κ2) is 7.49. The molecule has 3 heterocycles. The molecule has 0 bridgehead atoms. The van der Waals surface area contributed by atoms with Crippen LogP contribution in [0.1, 0.15) is 34.9 Å². The lowest BCUT2D eigenvalue weighted by atomic mass is 9.99. The highest BCUT2D eigenvalue weighted by atomic mass is 16.5. The third-order valence-corrected chi connectivity index (χ3v) is 4.54. The summed E-state index contributed by atoms with van der Waals surface area (Å²) in [4.78, 5) is 16.7. The van der Waals surface area contributed by atoms with Crippen molar-refractivity contribution in [1.29, 1.82) is 0 Å². The number of carbonyl (C=O) groups is 1. The lowest BCUT2D eigenvalue weighted by molar-refractivity contribution is 0.0793. The van der Waals surface area contributed by atoms with E-state index in [0.717, 1.165) is 36.3 Å². The number of nitrogens with zero attached hydrogens (tertiary/aromatic N) is 2. The van der Waals surface area contributed by atoms with E-state index in [1.807, 2.05) is 42.5 Å². The summed E-state index contributed by atoms with van der Waals surface area (Å²) < 4.78 is 5.51. The second-order valence-corrected chi connectivity index (χ2v) is 6.37. The molecule has 3 aromatic rings. The van der Waals surface area contributed by atoms with E-state index in [9.17, 15) is 4.79 Å². The summed E-state index contributed by atoms with van der Waals surface area (Å²) in [5, 5.41) is 10.0. The predicted molar refractivity (Wildman–Crippen MR) is 99.0 cm³/mol. The van der Waals surface area contributed by atoms with Gasteiger partial charge in [-0.3, -0.25) is 14.9 Å². The molecule has 1 aromatic carbocycles. The van der Waals surface area contributed by atoms with E-state index in [4.69, 9.17) is 4.74 Å². The maximum atomic E-state index is 12.5. The van der Waals surface area contributed by atoms with Crippen LogP contribution >= 0.6 is 0 Å². The zero-order valence-electron chi connectivity index (χ0n) is 14.3. The molecule has 0 spiro atoms. The van der Waals surface area contributed by atoms with E-state index >= 15 is 0 Å². The molecule has 1 amide bonds.